The lowest BCUT2D eigenvalue weighted by atomic mass is 9.46. The van der Waals surface area contributed by atoms with Gasteiger partial charge in [0.05, 0.1) is 0 Å². The van der Waals surface area contributed by atoms with Gasteiger partial charge in [-0.3, -0.25) is 4.79 Å². The molecule has 4 rings (SSSR count). The summed E-state index contributed by atoms with van der Waals surface area (Å²) in [5, 5.41) is 3.40. The van der Waals surface area contributed by atoms with Crippen LogP contribution in [0.25, 0.3) is 0 Å². The van der Waals surface area contributed by atoms with E-state index in [0.29, 0.717) is 22.7 Å². The van der Waals surface area contributed by atoms with Gasteiger partial charge in [-0.25, -0.2) is 0 Å². The van der Waals surface area contributed by atoms with Gasteiger partial charge in [0.1, 0.15) is 0 Å². The topological polar surface area (TPSA) is 29.1 Å². The first kappa shape index (κ1) is 21.6. The second kappa shape index (κ2) is 8.13. The molecule has 0 radical (unpaired) electrons. The molecule has 2 heteroatoms. The van der Waals surface area contributed by atoms with Gasteiger partial charge in [0.25, 0.3) is 0 Å². The van der Waals surface area contributed by atoms with Crippen LogP contribution in [0.4, 0.5) is 0 Å². The van der Waals surface area contributed by atoms with E-state index in [1.165, 1.54) is 63.4 Å². The Bertz CT molecular complexity index is 653. The number of rotatable bonds is 6. The first-order valence-electron chi connectivity index (χ1n) is 12.7. The zero-order valence-corrected chi connectivity index (χ0v) is 19.7. The zero-order chi connectivity index (χ0) is 20.8. The Hall–Kier alpha value is -0.630. The zero-order valence-electron chi connectivity index (χ0n) is 19.7. The molecule has 0 aromatic carbocycles. The van der Waals surface area contributed by atoms with Crippen LogP contribution in [0.3, 0.4) is 0 Å². The van der Waals surface area contributed by atoms with Gasteiger partial charge < -0.3 is 5.32 Å². The van der Waals surface area contributed by atoms with Crippen LogP contribution >= 0.6 is 0 Å². The first-order valence-corrected chi connectivity index (χ1v) is 12.7. The van der Waals surface area contributed by atoms with Crippen molar-refractivity contribution in [2.45, 2.75) is 104 Å². The number of hydrogen-bond acceptors (Lipinski definition) is 2. The summed E-state index contributed by atoms with van der Waals surface area (Å²) in [6, 6.07) is 0.650. The highest BCUT2D eigenvalue weighted by molar-refractivity contribution is 5.91. The lowest BCUT2D eigenvalue weighted by molar-refractivity contribution is -0.117. The van der Waals surface area contributed by atoms with Crippen LogP contribution in [0, 0.1) is 40.4 Å². The quantitative estimate of drug-likeness (QED) is 0.549. The van der Waals surface area contributed by atoms with Crippen molar-refractivity contribution in [1.29, 1.82) is 0 Å². The number of fused-ring (bicyclic) bond motifs is 5. The standard InChI is InChI=1S/C27H45NO/c1-18(7-6-8-19(2)28-5)23-11-12-24-22-10-9-20-17-21(29)13-15-26(20,3)25(22)14-16-27(23,24)4/h17-19,22-25,28H,6-16H2,1-5H3/t18-,19?,22+,23-,24+,25+,26+,27-/m1/s1. The maximum absolute atomic E-state index is 12.0. The summed E-state index contributed by atoms with van der Waals surface area (Å²) in [6.07, 6.45) is 16.3. The number of carbonyl (C=O) groups is 1. The molecule has 0 amide bonds. The van der Waals surface area contributed by atoms with Crippen LogP contribution in [-0.2, 0) is 4.79 Å². The summed E-state index contributed by atoms with van der Waals surface area (Å²) in [4.78, 5) is 12.0. The molecule has 3 fully saturated rings. The van der Waals surface area contributed by atoms with Crippen LogP contribution in [0.5, 0.6) is 0 Å². The average Bonchev–Trinajstić information content (AvgIpc) is 3.05. The van der Waals surface area contributed by atoms with Crippen molar-refractivity contribution in [2.75, 3.05) is 7.05 Å². The van der Waals surface area contributed by atoms with E-state index >= 15 is 0 Å². The molecule has 0 saturated heterocycles. The first-order chi connectivity index (χ1) is 13.8. The Morgan fingerprint density at radius 2 is 1.83 bits per heavy atom. The molecule has 0 spiro atoms. The Labute approximate surface area is 179 Å². The van der Waals surface area contributed by atoms with E-state index in [9.17, 15) is 4.79 Å². The Morgan fingerprint density at radius 1 is 1.03 bits per heavy atom. The summed E-state index contributed by atoms with van der Waals surface area (Å²) in [5.74, 6) is 4.85. The smallest absolute Gasteiger partial charge is 0.155 e. The summed E-state index contributed by atoms with van der Waals surface area (Å²) in [5.41, 5.74) is 2.41. The summed E-state index contributed by atoms with van der Waals surface area (Å²) in [7, 11) is 2.09. The molecule has 3 saturated carbocycles. The fourth-order valence-electron chi connectivity index (χ4n) is 8.63. The van der Waals surface area contributed by atoms with Gasteiger partial charge in [0.2, 0.25) is 0 Å². The second-order valence-corrected chi connectivity index (χ2v) is 11.8. The van der Waals surface area contributed by atoms with E-state index < -0.39 is 0 Å². The van der Waals surface area contributed by atoms with Gasteiger partial charge >= 0.3 is 0 Å². The van der Waals surface area contributed by atoms with Gasteiger partial charge in [-0.15, -0.1) is 0 Å². The highest BCUT2D eigenvalue weighted by Crippen LogP contribution is 2.67. The largest absolute Gasteiger partial charge is 0.317 e. The molecule has 1 unspecified atom stereocenters. The van der Waals surface area contributed by atoms with Crippen molar-refractivity contribution >= 4 is 5.78 Å². The van der Waals surface area contributed by atoms with Crippen molar-refractivity contribution in [3.63, 3.8) is 0 Å². The van der Waals surface area contributed by atoms with Gasteiger partial charge in [-0.1, -0.05) is 39.2 Å². The molecule has 0 heterocycles. The van der Waals surface area contributed by atoms with Crippen molar-refractivity contribution in [1.82, 2.24) is 5.32 Å². The Morgan fingerprint density at radius 3 is 2.59 bits per heavy atom. The van der Waals surface area contributed by atoms with Crippen LogP contribution in [0.1, 0.15) is 98.3 Å². The summed E-state index contributed by atoms with van der Waals surface area (Å²) in [6.45, 7) is 10.1. The number of allylic oxidation sites excluding steroid dienone is 1. The van der Waals surface area contributed by atoms with Crippen LogP contribution < -0.4 is 5.32 Å². The highest BCUT2D eigenvalue weighted by Gasteiger charge is 2.59. The minimum absolute atomic E-state index is 0.325. The molecule has 0 bridgehead atoms. The molecule has 0 aromatic heterocycles. The minimum Gasteiger partial charge on any atom is -0.317 e. The third-order valence-electron chi connectivity index (χ3n) is 10.5. The highest BCUT2D eigenvalue weighted by atomic mass is 16.1. The Balaban J connectivity index is 1.46. The van der Waals surface area contributed by atoms with Gasteiger partial charge in [-0.05, 0) is 112 Å². The maximum Gasteiger partial charge on any atom is 0.155 e. The molecule has 29 heavy (non-hydrogen) atoms. The van der Waals surface area contributed by atoms with E-state index in [-0.39, 0.29) is 0 Å². The van der Waals surface area contributed by atoms with Gasteiger partial charge in [-0.2, -0.15) is 0 Å². The van der Waals surface area contributed by atoms with Crippen molar-refractivity contribution in [3.8, 4) is 0 Å². The normalized spacial score (nSPS) is 43.8. The fraction of sp³-hybridized carbons (Fsp3) is 0.889. The molecule has 2 nitrogen and oxygen atoms in total. The van der Waals surface area contributed by atoms with Crippen molar-refractivity contribution in [2.24, 2.45) is 40.4 Å². The molecule has 0 aliphatic heterocycles. The van der Waals surface area contributed by atoms with E-state index in [1.807, 2.05) is 0 Å². The van der Waals surface area contributed by atoms with Crippen LogP contribution in [0.2, 0.25) is 0 Å². The number of hydrogen-bond donors (Lipinski definition) is 1. The molecule has 1 N–H and O–H groups in total. The van der Waals surface area contributed by atoms with E-state index in [0.717, 1.165) is 42.4 Å². The second-order valence-electron chi connectivity index (χ2n) is 11.8. The average molecular weight is 400 g/mol. The van der Waals surface area contributed by atoms with Crippen molar-refractivity contribution < 1.29 is 4.79 Å². The van der Waals surface area contributed by atoms with E-state index in [4.69, 9.17) is 0 Å². The van der Waals surface area contributed by atoms with Crippen LogP contribution in [-0.4, -0.2) is 18.9 Å². The number of nitrogens with one attached hydrogen (secondary N) is 1. The molecule has 164 valence electrons. The molecule has 4 aliphatic carbocycles. The molecule has 0 aromatic rings. The van der Waals surface area contributed by atoms with E-state index in [1.54, 1.807) is 0 Å². The Kier molecular flexibility index (Phi) is 6.06. The predicted octanol–water partition coefficient (Wildman–Crippen LogP) is 6.55. The molecule has 4 aliphatic rings. The molecular formula is C27H45NO. The predicted molar refractivity (Wildman–Crippen MR) is 122 cm³/mol. The fourth-order valence-corrected chi connectivity index (χ4v) is 8.63. The van der Waals surface area contributed by atoms with E-state index in [2.05, 4.69) is 46.1 Å². The third kappa shape index (κ3) is 3.66. The van der Waals surface area contributed by atoms with Crippen molar-refractivity contribution in [3.05, 3.63) is 11.6 Å². The maximum atomic E-state index is 12.0. The lowest BCUT2D eigenvalue weighted by Crippen LogP contribution is -2.50. The van der Waals surface area contributed by atoms with Gasteiger partial charge in [0, 0.05) is 12.5 Å². The third-order valence-corrected chi connectivity index (χ3v) is 10.5. The summed E-state index contributed by atoms with van der Waals surface area (Å²) < 4.78 is 0. The minimum atomic E-state index is 0.325. The number of carbonyl (C=O) groups excluding carboxylic acids is 1. The summed E-state index contributed by atoms with van der Waals surface area (Å²) >= 11 is 0. The van der Waals surface area contributed by atoms with Crippen LogP contribution in [0.15, 0.2) is 11.6 Å². The monoisotopic (exact) mass is 399 g/mol. The lowest BCUT2D eigenvalue weighted by Gasteiger charge is -2.58. The number of ketones is 1. The molecular weight excluding hydrogens is 354 g/mol. The SMILES string of the molecule is CNC(C)CCC[C@@H](C)[C@H]1CC[C@H]2[C@@H]3CCC4=CC(=O)CC[C@]4(C)[C@H]3CC[C@]12C. The van der Waals surface area contributed by atoms with Gasteiger partial charge in [0.15, 0.2) is 5.78 Å². The molecule has 8 atom stereocenters.